The van der Waals surface area contributed by atoms with Gasteiger partial charge in [0.2, 0.25) is 11.8 Å². The van der Waals surface area contributed by atoms with Crippen molar-refractivity contribution in [1.82, 2.24) is 5.32 Å². The Bertz CT molecular complexity index is 617. The van der Waals surface area contributed by atoms with E-state index in [2.05, 4.69) is 10.6 Å². The number of aryl methyl sites for hydroxylation is 2. The molecule has 3 rings (SSSR count). The first kappa shape index (κ1) is 16.0. The van der Waals surface area contributed by atoms with E-state index in [1.165, 1.54) is 0 Å². The maximum atomic E-state index is 12.6. The minimum absolute atomic E-state index is 0.0946. The van der Waals surface area contributed by atoms with Gasteiger partial charge in [0.05, 0.1) is 6.10 Å². The van der Waals surface area contributed by atoms with Gasteiger partial charge in [0.15, 0.2) is 0 Å². The summed E-state index contributed by atoms with van der Waals surface area (Å²) in [5.74, 6) is -0.371. The molecule has 23 heavy (non-hydrogen) atoms. The lowest BCUT2D eigenvalue weighted by Crippen LogP contribution is -2.42. The molecular formula is C18H24N2O3. The van der Waals surface area contributed by atoms with Crippen LogP contribution in [0.15, 0.2) is 18.2 Å². The molecule has 1 aliphatic carbocycles. The van der Waals surface area contributed by atoms with E-state index in [1.807, 2.05) is 32.0 Å². The molecule has 124 valence electrons. The number of carbonyl (C=O) groups excluding carboxylic acids is 2. The van der Waals surface area contributed by atoms with Crippen LogP contribution in [0.25, 0.3) is 0 Å². The van der Waals surface area contributed by atoms with Crippen molar-refractivity contribution < 1.29 is 14.3 Å². The third-order valence-corrected chi connectivity index (χ3v) is 4.76. The number of benzene rings is 1. The second kappa shape index (κ2) is 6.32. The molecule has 2 amide bonds. The molecule has 2 fully saturated rings. The lowest BCUT2D eigenvalue weighted by molar-refractivity contribution is -0.134. The predicted octanol–water partition coefficient (Wildman–Crippen LogP) is 2.32. The predicted molar refractivity (Wildman–Crippen MR) is 88.2 cm³/mol. The van der Waals surface area contributed by atoms with Crippen molar-refractivity contribution in [2.24, 2.45) is 5.41 Å². The highest BCUT2D eigenvalue weighted by Crippen LogP contribution is 2.47. The van der Waals surface area contributed by atoms with Gasteiger partial charge in [0.25, 0.3) is 0 Å². The first-order valence-electron chi connectivity index (χ1n) is 8.30. The summed E-state index contributed by atoms with van der Waals surface area (Å²) in [4.78, 5) is 25.0. The Kier molecular flexibility index (Phi) is 4.39. The Morgan fingerprint density at radius 2 is 2.04 bits per heavy atom. The van der Waals surface area contributed by atoms with Crippen molar-refractivity contribution in [2.45, 2.75) is 45.6 Å². The number of carbonyl (C=O) groups is 2. The Balaban J connectivity index is 1.60. The van der Waals surface area contributed by atoms with E-state index in [9.17, 15) is 9.59 Å². The van der Waals surface area contributed by atoms with Gasteiger partial charge in [0.1, 0.15) is 5.41 Å². The highest BCUT2D eigenvalue weighted by atomic mass is 16.5. The van der Waals surface area contributed by atoms with E-state index >= 15 is 0 Å². The summed E-state index contributed by atoms with van der Waals surface area (Å²) in [6.07, 6.45) is 3.33. The summed E-state index contributed by atoms with van der Waals surface area (Å²) in [7, 11) is 0. The molecule has 1 heterocycles. The molecule has 1 aromatic carbocycles. The van der Waals surface area contributed by atoms with Gasteiger partial charge in [-0.1, -0.05) is 17.7 Å². The van der Waals surface area contributed by atoms with E-state index < -0.39 is 5.41 Å². The maximum absolute atomic E-state index is 12.6. The summed E-state index contributed by atoms with van der Waals surface area (Å²) in [5.41, 5.74) is 2.04. The number of rotatable bonds is 5. The van der Waals surface area contributed by atoms with E-state index in [-0.39, 0.29) is 17.9 Å². The van der Waals surface area contributed by atoms with Crippen LogP contribution in [0.3, 0.4) is 0 Å². The number of amides is 2. The molecule has 5 heteroatoms. The molecule has 0 spiro atoms. The van der Waals surface area contributed by atoms with Crippen LogP contribution >= 0.6 is 0 Å². The third kappa shape index (κ3) is 3.39. The molecule has 1 saturated carbocycles. The second-order valence-electron chi connectivity index (χ2n) is 6.70. The average Bonchev–Trinajstić information content (AvgIpc) is 3.17. The summed E-state index contributed by atoms with van der Waals surface area (Å²) in [6.45, 7) is 5.23. The van der Waals surface area contributed by atoms with Crippen LogP contribution in [-0.2, 0) is 14.3 Å². The fourth-order valence-electron chi connectivity index (χ4n) is 3.06. The number of hydrogen-bond acceptors (Lipinski definition) is 3. The van der Waals surface area contributed by atoms with Crippen LogP contribution in [-0.4, -0.2) is 31.1 Å². The molecule has 1 aromatic rings. The molecule has 2 aliphatic rings. The van der Waals surface area contributed by atoms with Crippen LogP contribution < -0.4 is 10.6 Å². The smallest absolute Gasteiger partial charge is 0.240 e. The van der Waals surface area contributed by atoms with Gasteiger partial charge in [-0.3, -0.25) is 9.59 Å². The molecule has 0 radical (unpaired) electrons. The van der Waals surface area contributed by atoms with Gasteiger partial charge in [0, 0.05) is 18.8 Å². The first-order valence-corrected chi connectivity index (χ1v) is 8.30. The number of hydrogen-bond donors (Lipinski definition) is 2. The number of ether oxygens (including phenoxy) is 1. The highest BCUT2D eigenvalue weighted by Gasteiger charge is 2.56. The van der Waals surface area contributed by atoms with E-state index in [1.54, 1.807) is 0 Å². The highest BCUT2D eigenvalue weighted by molar-refractivity contribution is 6.13. The Morgan fingerprint density at radius 1 is 1.26 bits per heavy atom. The van der Waals surface area contributed by atoms with E-state index in [0.717, 1.165) is 36.3 Å². The Morgan fingerprint density at radius 3 is 2.65 bits per heavy atom. The Hall–Kier alpha value is -1.88. The van der Waals surface area contributed by atoms with Gasteiger partial charge in [-0.05, 0) is 51.2 Å². The normalized spacial score (nSPS) is 21.7. The SMILES string of the molecule is Cc1ccc(NC(=O)C2(C(=O)NCC3CCCO3)CC2)c(C)c1. The van der Waals surface area contributed by atoms with Crippen LogP contribution in [0, 0.1) is 19.3 Å². The molecular weight excluding hydrogens is 292 g/mol. The van der Waals surface area contributed by atoms with Gasteiger partial charge in [-0.2, -0.15) is 0 Å². The zero-order chi connectivity index (χ0) is 16.4. The summed E-state index contributed by atoms with van der Waals surface area (Å²) in [6, 6.07) is 5.87. The number of anilines is 1. The minimum atomic E-state index is -0.893. The number of nitrogens with one attached hydrogen (secondary N) is 2. The zero-order valence-electron chi connectivity index (χ0n) is 13.8. The minimum Gasteiger partial charge on any atom is -0.376 e. The fraction of sp³-hybridized carbons (Fsp3) is 0.556. The molecule has 5 nitrogen and oxygen atoms in total. The van der Waals surface area contributed by atoms with E-state index in [4.69, 9.17) is 4.74 Å². The van der Waals surface area contributed by atoms with Crippen molar-refractivity contribution in [3.8, 4) is 0 Å². The lowest BCUT2D eigenvalue weighted by Gasteiger charge is -2.18. The third-order valence-electron chi connectivity index (χ3n) is 4.76. The van der Waals surface area contributed by atoms with Crippen LogP contribution in [0.1, 0.15) is 36.8 Å². The van der Waals surface area contributed by atoms with Crippen molar-refractivity contribution in [3.63, 3.8) is 0 Å². The standard InChI is InChI=1S/C18H24N2O3/c1-12-5-6-15(13(2)10-12)20-17(22)18(7-8-18)16(21)19-11-14-4-3-9-23-14/h5-6,10,14H,3-4,7-9,11H2,1-2H3,(H,19,21)(H,20,22). The van der Waals surface area contributed by atoms with Gasteiger partial charge >= 0.3 is 0 Å². The van der Waals surface area contributed by atoms with Crippen LogP contribution in [0.4, 0.5) is 5.69 Å². The molecule has 1 atom stereocenters. The second-order valence-corrected chi connectivity index (χ2v) is 6.70. The molecule has 2 N–H and O–H groups in total. The summed E-state index contributed by atoms with van der Waals surface area (Å²) >= 11 is 0. The van der Waals surface area contributed by atoms with Crippen LogP contribution in [0.2, 0.25) is 0 Å². The molecule has 0 aromatic heterocycles. The summed E-state index contributed by atoms with van der Waals surface area (Å²) < 4.78 is 5.50. The molecule has 1 unspecified atom stereocenters. The lowest BCUT2D eigenvalue weighted by atomic mass is 10.0. The van der Waals surface area contributed by atoms with Gasteiger partial charge in [-0.15, -0.1) is 0 Å². The average molecular weight is 316 g/mol. The van der Waals surface area contributed by atoms with Crippen LogP contribution in [0.5, 0.6) is 0 Å². The molecule has 1 saturated heterocycles. The van der Waals surface area contributed by atoms with Crippen molar-refractivity contribution in [3.05, 3.63) is 29.3 Å². The van der Waals surface area contributed by atoms with Gasteiger partial charge in [-0.25, -0.2) is 0 Å². The fourth-order valence-corrected chi connectivity index (χ4v) is 3.06. The van der Waals surface area contributed by atoms with E-state index in [0.29, 0.717) is 19.4 Å². The maximum Gasteiger partial charge on any atom is 0.240 e. The topological polar surface area (TPSA) is 67.4 Å². The van der Waals surface area contributed by atoms with Gasteiger partial charge < -0.3 is 15.4 Å². The Labute approximate surface area is 136 Å². The van der Waals surface area contributed by atoms with Crippen molar-refractivity contribution >= 4 is 17.5 Å². The zero-order valence-corrected chi connectivity index (χ0v) is 13.8. The molecule has 1 aliphatic heterocycles. The van der Waals surface area contributed by atoms with Crippen molar-refractivity contribution in [1.29, 1.82) is 0 Å². The first-order chi connectivity index (χ1) is 11.0. The molecule has 0 bridgehead atoms. The monoisotopic (exact) mass is 316 g/mol. The summed E-state index contributed by atoms with van der Waals surface area (Å²) in [5, 5.41) is 5.81. The quantitative estimate of drug-likeness (QED) is 0.819. The van der Waals surface area contributed by atoms with Crippen molar-refractivity contribution in [2.75, 3.05) is 18.5 Å². The largest absolute Gasteiger partial charge is 0.376 e.